The van der Waals surface area contributed by atoms with Gasteiger partial charge in [0.25, 0.3) is 0 Å². The summed E-state index contributed by atoms with van der Waals surface area (Å²) in [7, 11) is 1.66. The Morgan fingerprint density at radius 2 is 1.41 bits per heavy atom. The predicted octanol–water partition coefficient (Wildman–Crippen LogP) is 3.18. The van der Waals surface area contributed by atoms with E-state index >= 15 is 0 Å². The zero-order chi connectivity index (χ0) is 20.3. The third kappa shape index (κ3) is 3.95. The summed E-state index contributed by atoms with van der Waals surface area (Å²) in [5, 5.41) is 9.18. The van der Waals surface area contributed by atoms with E-state index in [4.69, 9.17) is 18.9 Å². The van der Waals surface area contributed by atoms with Crippen molar-refractivity contribution in [3.63, 3.8) is 0 Å². The summed E-state index contributed by atoms with van der Waals surface area (Å²) in [4.78, 5) is 11.2. The molecule has 2 aliphatic heterocycles. The van der Waals surface area contributed by atoms with Crippen LogP contribution in [0.1, 0.15) is 24.0 Å². The number of carboxylic acids is 1. The molecule has 2 fully saturated rings. The van der Waals surface area contributed by atoms with Crippen LogP contribution in [0.3, 0.4) is 0 Å². The van der Waals surface area contributed by atoms with E-state index in [-0.39, 0.29) is 11.8 Å². The first kappa shape index (κ1) is 19.7. The van der Waals surface area contributed by atoms with Gasteiger partial charge in [0.2, 0.25) is 0 Å². The topological polar surface area (TPSA) is 74.2 Å². The van der Waals surface area contributed by atoms with E-state index in [1.807, 2.05) is 36.4 Å². The average Bonchev–Trinajstić information content (AvgIpc) is 2.67. The normalized spacial score (nSPS) is 18.9. The number of methoxy groups -OCH3 is 1. The van der Waals surface area contributed by atoms with Gasteiger partial charge in [-0.25, -0.2) is 0 Å². The first-order chi connectivity index (χ1) is 14.1. The van der Waals surface area contributed by atoms with Crippen LogP contribution >= 0.6 is 0 Å². The molecule has 0 spiro atoms. The Balaban J connectivity index is 1.36. The Morgan fingerprint density at radius 1 is 0.897 bits per heavy atom. The number of rotatable bonds is 9. The maximum Gasteiger partial charge on any atom is 0.304 e. The van der Waals surface area contributed by atoms with Crippen molar-refractivity contribution in [3.05, 3.63) is 59.7 Å². The Bertz CT molecular complexity index is 835. The molecule has 6 nitrogen and oxygen atoms in total. The molecular formula is C23H26O6. The van der Waals surface area contributed by atoms with Gasteiger partial charge in [-0.2, -0.15) is 0 Å². The van der Waals surface area contributed by atoms with Crippen LogP contribution in [0.4, 0.5) is 0 Å². The van der Waals surface area contributed by atoms with Gasteiger partial charge in [0.1, 0.15) is 11.5 Å². The van der Waals surface area contributed by atoms with Gasteiger partial charge in [0.15, 0.2) is 0 Å². The van der Waals surface area contributed by atoms with Crippen LogP contribution in [0.25, 0.3) is 0 Å². The number of carbonyl (C=O) groups is 1. The molecule has 2 saturated heterocycles. The molecular weight excluding hydrogens is 372 g/mol. The Kier molecular flexibility index (Phi) is 5.48. The van der Waals surface area contributed by atoms with Crippen LogP contribution in [-0.2, 0) is 25.1 Å². The fourth-order valence-electron chi connectivity index (χ4n) is 4.03. The minimum atomic E-state index is -0.805. The Hall–Kier alpha value is -2.57. The second-order valence-corrected chi connectivity index (χ2v) is 7.97. The summed E-state index contributed by atoms with van der Waals surface area (Å²) in [6.07, 6.45) is 0.940. The van der Waals surface area contributed by atoms with E-state index in [0.717, 1.165) is 23.5 Å². The van der Waals surface area contributed by atoms with E-state index < -0.39 is 11.4 Å². The van der Waals surface area contributed by atoms with Crippen molar-refractivity contribution in [2.45, 2.75) is 23.7 Å². The van der Waals surface area contributed by atoms with Crippen LogP contribution in [0, 0.1) is 0 Å². The molecule has 0 aromatic heterocycles. The van der Waals surface area contributed by atoms with Gasteiger partial charge in [-0.1, -0.05) is 24.3 Å². The summed E-state index contributed by atoms with van der Waals surface area (Å²) in [5.41, 5.74) is 1.80. The van der Waals surface area contributed by atoms with Gasteiger partial charge in [-0.15, -0.1) is 0 Å². The summed E-state index contributed by atoms with van der Waals surface area (Å²) in [6, 6.07) is 15.9. The van der Waals surface area contributed by atoms with Crippen molar-refractivity contribution in [1.29, 1.82) is 0 Å². The Morgan fingerprint density at radius 3 is 1.86 bits per heavy atom. The number of carboxylic acid groups (broad SMARTS) is 1. The van der Waals surface area contributed by atoms with E-state index in [1.165, 1.54) is 5.56 Å². The smallest absolute Gasteiger partial charge is 0.304 e. The van der Waals surface area contributed by atoms with Gasteiger partial charge in [-0.3, -0.25) is 4.79 Å². The van der Waals surface area contributed by atoms with E-state index in [1.54, 1.807) is 7.11 Å². The zero-order valence-corrected chi connectivity index (χ0v) is 16.6. The monoisotopic (exact) mass is 398 g/mol. The quantitative estimate of drug-likeness (QED) is 0.699. The van der Waals surface area contributed by atoms with Crippen molar-refractivity contribution in [1.82, 2.24) is 0 Å². The SMILES string of the molecule is COc1ccc(C2(CCOc3ccc(C4(CC(=O)O)COC4)cc3)COC2)cc1. The third-order valence-electron chi connectivity index (χ3n) is 6.02. The maximum absolute atomic E-state index is 11.2. The number of hydrogen-bond acceptors (Lipinski definition) is 5. The first-order valence-corrected chi connectivity index (χ1v) is 9.81. The highest BCUT2D eigenvalue weighted by Crippen LogP contribution is 2.38. The minimum absolute atomic E-state index is 0.0129. The average molecular weight is 398 g/mol. The number of aliphatic carboxylic acids is 1. The van der Waals surface area contributed by atoms with Crippen molar-refractivity contribution < 1.29 is 28.8 Å². The summed E-state index contributed by atoms with van der Waals surface area (Å²) < 4.78 is 22.0. The van der Waals surface area contributed by atoms with E-state index in [0.29, 0.717) is 33.0 Å². The van der Waals surface area contributed by atoms with Crippen molar-refractivity contribution >= 4 is 5.97 Å². The Labute approximate surface area is 170 Å². The molecule has 1 N–H and O–H groups in total. The van der Waals surface area contributed by atoms with E-state index in [2.05, 4.69) is 12.1 Å². The molecule has 6 heteroatoms. The number of benzene rings is 2. The fourth-order valence-corrected chi connectivity index (χ4v) is 4.03. The summed E-state index contributed by atoms with van der Waals surface area (Å²) in [5.74, 6) is 0.822. The lowest BCUT2D eigenvalue weighted by Crippen LogP contribution is -2.48. The molecule has 0 bridgehead atoms. The molecule has 29 heavy (non-hydrogen) atoms. The fraction of sp³-hybridized carbons (Fsp3) is 0.435. The van der Waals surface area contributed by atoms with E-state index in [9.17, 15) is 9.90 Å². The predicted molar refractivity (Wildman–Crippen MR) is 107 cm³/mol. The second-order valence-electron chi connectivity index (χ2n) is 7.97. The largest absolute Gasteiger partial charge is 0.497 e. The third-order valence-corrected chi connectivity index (χ3v) is 6.02. The number of ether oxygens (including phenoxy) is 4. The molecule has 2 aromatic carbocycles. The van der Waals surface area contributed by atoms with Crippen LogP contribution in [0.5, 0.6) is 11.5 Å². The van der Waals surface area contributed by atoms with Gasteiger partial charge >= 0.3 is 5.97 Å². The minimum Gasteiger partial charge on any atom is -0.497 e. The van der Waals surface area contributed by atoms with Crippen LogP contribution < -0.4 is 9.47 Å². The molecule has 2 aromatic rings. The first-order valence-electron chi connectivity index (χ1n) is 9.81. The molecule has 2 heterocycles. The lowest BCUT2D eigenvalue weighted by atomic mass is 9.76. The summed E-state index contributed by atoms with van der Waals surface area (Å²) >= 11 is 0. The second kappa shape index (κ2) is 8.05. The van der Waals surface area contributed by atoms with Crippen molar-refractivity contribution in [3.8, 4) is 11.5 Å². The van der Waals surface area contributed by atoms with Gasteiger partial charge in [0, 0.05) is 5.41 Å². The van der Waals surface area contributed by atoms with Crippen molar-refractivity contribution in [2.24, 2.45) is 0 Å². The van der Waals surface area contributed by atoms with Gasteiger partial charge in [0.05, 0.1) is 52.0 Å². The molecule has 0 saturated carbocycles. The molecule has 4 rings (SSSR count). The molecule has 154 valence electrons. The maximum atomic E-state index is 11.2. The van der Waals surface area contributed by atoms with Gasteiger partial charge < -0.3 is 24.1 Å². The van der Waals surface area contributed by atoms with Crippen LogP contribution in [-0.4, -0.2) is 51.2 Å². The molecule has 0 amide bonds. The number of hydrogen-bond donors (Lipinski definition) is 1. The van der Waals surface area contributed by atoms with Crippen molar-refractivity contribution in [2.75, 3.05) is 40.1 Å². The molecule has 2 aliphatic rings. The molecule has 0 unspecified atom stereocenters. The van der Waals surface area contributed by atoms with Crippen LogP contribution in [0.15, 0.2) is 48.5 Å². The zero-order valence-electron chi connectivity index (χ0n) is 16.6. The summed E-state index contributed by atoms with van der Waals surface area (Å²) in [6.45, 7) is 2.87. The lowest BCUT2D eigenvalue weighted by Gasteiger charge is -2.42. The van der Waals surface area contributed by atoms with Gasteiger partial charge in [-0.05, 0) is 41.8 Å². The highest BCUT2D eigenvalue weighted by Gasteiger charge is 2.42. The molecule has 0 radical (unpaired) electrons. The van der Waals surface area contributed by atoms with Crippen LogP contribution in [0.2, 0.25) is 0 Å². The lowest BCUT2D eigenvalue weighted by molar-refractivity contribution is -0.145. The standard InChI is InChI=1S/C23H26O6/c1-26-19-6-2-17(3-7-19)22(13-27-14-22)10-11-29-20-8-4-18(5-9-20)23(12-21(24)25)15-28-16-23/h2-9H,10-16H2,1H3,(H,24,25). The highest BCUT2D eigenvalue weighted by molar-refractivity contribution is 5.69. The highest BCUT2D eigenvalue weighted by atomic mass is 16.5. The molecule has 0 aliphatic carbocycles. The molecule has 0 atom stereocenters.